The number of aryl methyl sites for hydroxylation is 2. The Morgan fingerprint density at radius 3 is 2.40 bits per heavy atom. The summed E-state index contributed by atoms with van der Waals surface area (Å²) in [7, 11) is 0. The maximum atomic E-state index is 12.0. The Balaban J connectivity index is 2.42. The van der Waals surface area contributed by atoms with Crippen LogP contribution in [0.5, 0.6) is 0 Å². The maximum Gasteiger partial charge on any atom is 0.204 e. The van der Waals surface area contributed by atoms with Crippen LogP contribution in [0.3, 0.4) is 0 Å². The number of rotatable bonds is 2. The van der Waals surface area contributed by atoms with Crippen molar-refractivity contribution in [3.05, 3.63) is 52.0 Å². The van der Waals surface area contributed by atoms with E-state index >= 15 is 0 Å². The molecule has 1 heterocycles. The van der Waals surface area contributed by atoms with E-state index in [4.69, 9.17) is 0 Å². The van der Waals surface area contributed by atoms with Gasteiger partial charge in [-0.25, -0.2) is 4.37 Å². The van der Waals surface area contributed by atoms with Crippen molar-refractivity contribution in [3.8, 4) is 0 Å². The van der Waals surface area contributed by atoms with E-state index < -0.39 is 0 Å². The fourth-order valence-corrected chi connectivity index (χ4v) is 2.14. The van der Waals surface area contributed by atoms with E-state index in [0.29, 0.717) is 4.88 Å². The largest absolute Gasteiger partial charge is 0.288 e. The van der Waals surface area contributed by atoms with Crippen LogP contribution in [0.4, 0.5) is 0 Å². The Morgan fingerprint density at radius 1 is 1.20 bits per heavy atom. The van der Waals surface area contributed by atoms with Crippen molar-refractivity contribution < 1.29 is 4.79 Å². The van der Waals surface area contributed by atoms with Gasteiger partial charge in [-0.15, -0.1) is 0 Å². The van der Waals surface area contributed by atoms with E-state index in [9.17, 15) is 4.79 Å². The van der Waals surface area contributed by atoms with Crippen LogP contribution in [0.2, 0.25) is 0 Å². The number of carbonyl (C=O) groups is 1. The second kappa shape index (κ2) is 3.95. The van der Waals surface area contributed by atoms with Gasteiger partial charge in [0.05, 0.1) is 4.88 Å². The van der Waals surface area contributed by atoms with Gasteiger partial charge in [0.2, 0.25) is 5.78 Å². The highest BCUT2D eigenvalue weighted by Gasteiger charge is 2.10. The van der Waals surface area contributed by atoms with Gasteiger partial charge in [-0.3, -0.25) is 4.79 Å². The molecule has 0 spiro atoms. The number of hydrogen-bond acceptors (Lipinski definition) is 3. The van der Waals surface area contributed by atoms with Gasteiger partial charge in [-0.05, 0) is 43.6 Å². The van der Waals surface area contributed by atoms with Crippen LogP contribution in [0.1, 0.15) is 26.4 Å². The zero-order chi connectivity index (χ0) is 10.8. The van der Waals surface area contributed by atoms with Crippen molar-refractivity contribution in [3.63, 3.8) is 0 Å². The lowest BCUT2D eigenvalue weighted by atomic mass is 10.0. The van der Waals surface area contributed by atoms with Crippen LogP contribution in [-0.2, 0) is 0 Å². The topological polar surface area (TPSA) is 30.0 Å². The summed E-state index contributed by atoms with van der Waals surface area (Å²) in [6, 6.07) is 7.64. The molecule has 0 aliphatic carbocycles. The first-order valence-electron chi connectivity index (χ1n) is 4.70. The third-order valence-corrected chi connectivity index (χ3v) is 2.89. The second-order valence-corrected chi connectivity index (χ2v) is 4.42. The summed E-state index contributed by atoms with van der Waals surface area (Å²) >= 11 is 1.24. The molecule has 0 N–H and O–H groups in total. The van der Waals surface area contributed by atoms with Gasteiger partial charge >= 0.3 is 0 Å². The molecule has 0 amide bonds. The van der Waals surface area contributed by atoms with E-state index in [1.54, 1.807) is 12.3 Å². The van der Waals surface area contributed by atoms with E-state index in [-0.39, 0.29) is 5.78 Å². The van der Waals surface area contributed by atoms with Crippen molar-refractivity contribution in [2.24, 2.45) is 0 Å². The summed E-state index contributed by atoms with van der Waals surface area (Å²) in [6.45, 7) is 3.99. The normalized spacial score (nSPS) is 10.3. The third-order valence-electron chi connectivity index (χ3n) is 2.15. The first-order valence-corrected chi connectivity index (χ1v) is 5.48. The number of aromatic nitrogens is 1. The van der Waals surface area contributed by atoms with Gasteiger partial charge in [0.1, 0.15) is 0 Å². The predicted octanol–water partition coefficient (Wildman–Crippen LogP) is 2.99. The molecule has 0 atom stereocenters. The standard InChI is InChI=1S/C12H11NOS/c1-8-5-9(2)7-10(6-8)12(14)11-3-4-13-15-11/h3-7H,1-2H3. The minimum Gasteiger partial charge on any atom is -0.288 e. The molecule has 0 fully saturated rings. The van der Waals surface area contributed by atoms with Crippen molar-refractivity contribution in [2.45, 2.75) is 13.8 Å². The molecular weight excluding hydrogens is 206 g/mol. The lowest BCUT2D eigenvalue weighted by Gasteiger charge is -2.01. The number of carbonyl (C=O) groups excluding carboxylic acids is 1. The summed E-state index contributed by atoms with van der Waals surface area (Å²) in [6.07, 6.45) is 1.65. The Bertz CT molecular complexity index is 468. The zero-order valence-corrected chi connectivity index (χ0v) is 9.47. The second-order valence-electron chi connectivity index (χ2n) is 3.58. The molecule has 0 unspecified atom stereocenters. The highest BCUT2D eigenvalue weighted by atomic mass is 32.1. The van der Waals surface area contributed by atoms with Crippen molar-refractivity contribution in [1.82, 2.24) is 4.37 Å². The van der Waals surface area contributed by atoms with Crippen LogP contribution in [0.25, 0.3) is 0 Å². The molecule has 76 valence electrons. The third kappa shape index (κ3) is 2.13. The van der Waals surface area contributed by atoms with Gasteiger partial charge in [-0.2, -0.15) is 0 Å². The summed E-state index contributed by atoms with van der Waals surface area (Å²) in [4.78, 5) is 12.7. The molecule has 0 aliphatic rings. The molecule has 0 aliphatic heterocycles. The molecule has 3 heteroatoms. The van der Waals surface area contributed by atoms with Crippen molar-refractivity contribution >= 4 is 17.3 Å². The maximum absolute atomic E-state index is 12.0. The molecule has 0 radical (unpaired) electrons. The first-order chi connectivity index (χ1) is 7.16. The van der Waals surface area contributed by atoms with Crippen molar-refractivity contribution in [1.29, 1.82) is 0 Å². The van der Waals surface area contributed by atoms with Gasteiger partial charge in [0, 0.05) is 11.8 Å². The Kier molecular flexibility index (Phi) is 2.64. The fraction of sp³-hybridized carbons (Fsp3) is 0.167. The van der Waals surface area contributed by atoms with Gasteiger partial charge < -0.3 is 0 Å². The van der Waals surface area contributed by atoms with Crippen molar-refractivity contribution in [2.75, 3.05) is 0 Å². The number of benzene rings is 1. The van der Waals surface area contributed by atoms with E-state index in [1.807, 2.05) is 26.0 Å². The molecule has 2 aromatic rings. The molecule has 0 bridgehead atoms. The van der Waals surface area contributed by atoms with Gasteiger partial charge in [-0.1, -0.05) is 17.2 Å². The van der Waals surface area contributed by atoms with E-state index in [0.717, 1.165) is 16.7 Å². The highest BCUT2D eigenvalue weighted by molar-refractivity contribution is 7.08. The average molecular weight is 217 g/mol. The van der Waals surface area contributed by atoms with Crippen LogP contribution in [-0.4, -0.2) is 10.2 Å². The zero-order valence-electron chi connectivity index (χ0n) is 8.65. The molecule has 2 rings (SSSR count). The Morgan fingerprint density at radius 2 is 1.87 bits per heavy atom. The predicted molar refractivity (Wildman–Crippen MR) is 61.5 cm³/mol. The lowest BCUT2D eigenvalue weighted by Crippen LogP contribution is -1.99. The highest BCUT2D eigenvalue weighted by Crippen LogP contribution is 2.15. The molecule has 0 saturated heterocycles. The smallest absolute Gasteiger partial charge is 0.204 e. The van der Waals surface area contributed by atoms with Crippen LogP contribution in [0.15, 0.2) is 30.5 Å². The number of ketones is 1. The Hall–Kier alpha value is -1.48. The Labute approximate surface area is 92.7 Å². The summed E-state index contributed by atoms with van der Waals surface area (Å²) in [5.41, 5.74) is 2.97. The quantitative estimate of drug-likeness (QED) is 0.724. The number of nitrogens with zero attached hydrogens (tertiary/aromatic N) is 1. The van der Waals surface area contributed by atoms with E-state index in [2.05, 4.69) is 10.4 Å². The monoisotopic (exact) mass is 217 g/mol. The molecule has 15 heavy (non-hydrogen) atoms. The molecular formula is C12H11NOS. The molecule has 0 saturated carbocycles. The van der Waals surface area contributed by atoms with Crippen LogP contribution >= 0.6 is 11.5 Å². The first kappa shape index (κ1) is 10.1. The number of hydrogen-bond donors (Lipinski definition) is 0. The molecule has 2 nitrogen and oxygen atoms in total. The summed E-state index contributed by atoms with van der Waals surface area (Å²) in [5.74, 6) is 0.0595. The van der Waals surface area contributed by atoms with Gasteiger partial charge in [0.25, 0.3) is 0 Å². The minimum atomic E-state index is 0.0595. The molecule has 1 aromatic heterocycles. The average Bonchev–Trinajstić information content (AvgIpc) is 2.67. The summed E-state index contributed by atoms with van der Waals surface area (Å²) in [5, 5.41) is 0. The van der Waals surface area contributed by atoms with Gasteiger partial charge in [0.15, 0.2) is 0 Å². The lowest BCUT2D eigenvalue weighted by molar-refractivity contribution is 0.104. The molecule has 1 aromatic carbocycles. The SMILES string of the molecule is Cc1cc(C)cc(C(=O)c2ccns2)c1. The minimum absolute atomic E-state index is 0.0595. The van der Waals surface area contributed by atoms with Crippen LogP contribution in [0, 0.1) is 13.8 Å². The van der Waals surface area contributed by atoms with Crippen LogP contribution < -0.4 is 0 Å². The van der Waals surface area contributed by atoms with E-state index in [1.165, 1.54) is 11.5 Å². The fourth-order valence-electron chi connectivity index (χ4n) is 1.58. The summed E-state index contributed by atoms with van der Waals surface area (Å²) < 4.78 is 3.93.